The molecule has 1 aromatic rings. The summed E-state index contributed by atoms with van der Waals surface area (Å²) in [5, 5.41) is 17.0. The van der Waals surface area contributed by atoms with Crippen molar-refractivity contribution in [2.75, 3.05) is 0 Å². The zero-order chi connectivity index (χ0) is 9.14. The molecule has 2 N–H and O–H groups in total. The lowest BCUT2D eigenvalue weighted by atomic mass is 10.2. The van der Waals surface area contributed by atoms with Crippen molar-refractivity contribution in [1.82, 2.24) is 4.98 Å². The van der Waals surface area contributed by atoms with Gasteiger partial charge in [0, 0.05) is 5.69 Å². The van der Waals surface area contributed by atoms with E-state index in [9.17, 15) is 0 Å². The molecule has 4 nitrogen and oxygen atoms in total. The molecule has 64 valence electrons. The Morgan fingerprint density at radius 1 is 1.42 bits per heavy atom. The fourth-order valence-electron chi connectivity index (χ4n) is 0.921. The molecule has 1 rings (SSSR count). The van der Waals surface area contributed by atoms with Crippen LogP contribution >= 0.6 is 0 Å². The minimum absolute atomic E-state index is 0.385. The smallest absolute Gasteiger partial charge is 0.510 e. The van der Waals surface area contributed by atoms with Gasteiger partial charge in [0.05, 0.1) is 6.20 Å². The van der Waals surface area contributed by atoms with Crippen molar-refractivity contribution in [3.8, 4) is 5.75 Å². The molecule has 0 saturated carbocycles. The minimum Gasteiger partial charge on any atom is -0.510 e. The molecule has 0 amide bonds. The van der Waals surface area contributed by atoms with E-state index in [4.69, 9.17) is 10.0 Å². The molecule has 0 aliphatic heterocycles. The van der Waals surface area contributed by atoms with E-state index in [0.717, 1.165) is 11.3 Å². The van der Waals surface area contributed by atoms with Crippen molar-refractivity contribution in [2.45, 2.75) is 13.8 Å². The highest BCUT2D eigenvalue weighted by Crippen LogP contribution is 2.16. The van der Waals surface area contributed by atoms with Gasteiger partial charge in [0.1, 0.15) is 5.75 Å². The number of hydrogen-bond donors (Lipinski definition) is 2. The van der Waals surface area contributed by atoms with Crippen LogP contribution in [0.5, 0.6) is 5.75 Å². The first kappa shape index (κ1) is 9.03. The number of nitrogens with zero attached hydrogens (tertiary/aromatic N) is 1. The predicted octanol–water partition coefficient (Wildman–Crippen LogP) is 0.0467. The number of hydrogen-bond acceptors (Lipinski definition) is 4. The Hall–Kier alpha value is -1.07. The Labute approximate surface area is 71.0 Å². The van der Waals surface area contributed by atoms with Gasteiger partial charge in [0.15, 0.2) is 0 Å². The monoisotopic (exact) mass is 167 g/mol. The third-order valence-corrected chi connectivity index (χ3v) is 1.43. The molecule has 0 atom stereocenters. The van der Waals surface area contributed by atoms with Crippen LogP contribution in [-0.4, -0.2) is 22.4 Å². The molecule has 5 heteroatoms. The molecule has 0 saturated heterocycles. The molecule has 0 aromatic carbocycles. The number of aryl methyl sites for hydroxylation is 2. The average molecular weight is 167 g/mol. The van der Waals surface area contributed by atoms with Crippen LogP contribution in [0.25, 0.3) is 0 Å². The van der Waals surface area contributed by atoms with Gasteiger partial charge >= 0.3 is 7.32 Å². The molecule has 0 aliphatic rings. The molecule has 0 fully saturated rings. The maximum absolute atomic E-state index is 8.51. The van der Waals surface area contributed by atoms with Crippen LogP contribution in [0.4, 0.5) is 0 Å². The van der Waals surface area contributed by atoms with E-state index in [2.05, 4.69) is 9.64 Å². The van der Waals surface area contributed by atoms with Crippen LogP contribution in [0.1, 0.15) is 11.3 Å². The summed E-state index contributed by atoms with van der Waals surface area (Å²) in [6, 6.07) is 1.80. The molecule has 0 unspecified atom stereocenters. The summed E-state index contributed by atoms with van der Waals surface area (Å²) in [6.07, 6.45) is 1.46. The second-order valence-corrected chi connectivity index (χ2v) is 2.54. The van der Waals surface area contributed by atoms with Gasteiger partial charge in [0.25, 0.3) is 0 Å². The van der Waals surface area contributed by atoms with E-state index in [1.165, 1.54) is 6.20 Å². The second-order valence-electron chi connectivity index (χ2n) is 2.54. The number of aromatic nitrogens is 1. The molecule has 1 heterocycles. The summed E-state index contributed by atoms with van der Waals surface area (Å²) in [7, 11) is -1.78. The summed E-state index contributed by atoms with van der Waals surface area (Å²) < 4.78 is 4.65. The molecule has 0 bridgehead atoms. The fourth-order valence-corrected chi connectivity index (χ4v) is 0.921. The molecule has 0 aliphatic carbocycles. The quantitative estimate of drug-likeness (QED) is 0.610. The van der Waals surface area contributed by atoms with E-state index in [1.807, 2.05) is 13.8 Å². The van der Waals surface area contributed by atoms with Crippen LogP contribution < -0.4 is 4.65 Å². The summed E-state index contributed by atoms with van der Waals surface area (Å²) >= 11 is 0. The lowest BCUT2D eigenvalue weighted by molar-refractivity contribution is 0.287. The fraction of sp³-hybridized carbons (Fsp3) is 0.286. The van der Waals surface area contributed by atoms with Crippen LogP contribution in [0.2, 0.25) is 0 Å². The van der Waals surface area contributed by atoms with Crippen molar-refractivity contribution >= 4 is 7.32 Å². The lowest BCUT2D eigenvalue weighted by Gasteiger charge is -2.07. The molecular formula is C7H10BNO3. The third kappa shape index (κ3) is 2.22. The van der Waals surface area contributed by atoms with Gasteiger partial charge in [-0.25, -0.2) is 0 Å². The first-order valence-electron chi connectivity index (χ1n) is 3.55. The number of rotatable bonds is 2. The highest BCUT2D eigenvalue weighted by Gasteiger charge is 2.12. The van der Waals surface area contributed by atoms with E-state index in [0.29, 0.717) is 5.75 Å². The second kappa shape index (κ2) is 3.56. The highest BCUT2D eigenvalue weighted by atomic mass is 16.6. The summed E-state index contributed by atoms with van der Waals surface area (Å²) in [6.45, 7) is 3.67. The van der Waals surface area contributed by atoms with Gasteiger partial charge in [-0.1, -0.05) is 0 Å². The van der Waals surface area contributed by atoms with Crippen LogP contribution in [0.15, 0.2) is 12.3 Å². The van der Waals surface area contributed by atoms with Crippen molar-refractivity contribution < 1.29 is 14.7 Å². The van der Waals surface area contributed by atoms with Gasteiger partial charge in [-0.2, -0.15) is 0 Å². The average Bonchev–Trinajstić information content (AvgIpc) is 1.94. The van der Waals surface area contributed by atoms with Gasteiger partial charge in [-0.3, -0.25) is 4.98 Å². The van der Waals surface area contributed by atoms with Crippen LogP contribution in [0, 0.1) is 13.8 Å². The van der Waals surface area contributed by atoms with Gasteiger partial charge in [-0.15, -0.1) is 0 Å². The topological polar surface area (TPSA) is 62.6 Å². The van der Waals surface area contributed by atoms with Gasteiger partial charge < -0.3 is 14.7 Å². The highest BCUT2D eigenvalue weighted by molar-refractivity contribution is 6.33. The van der Waals surface area contributed by atoms with Crippen molar-refractivity contribution in [3.63, 3.8) is 0 Å². The normalized spacial score (nSPS) is 9.67. The Morgan fingerprint density at radius 2 is 2.08 bits per heavy atom. The first-order chi connectivity index (χ1) is 5.59. The maximum Gasteiger partial charge on any atom is 0.707 e. The SMILES string of the molecule is Cc1cc(C)c(OB(O)O)cn1. The summed E-state index contributed by atoms with van der Waals surface area (Å²) in [5.41, 5.74) is 1.70. The first-order valence-corrected chi connectivity index (χ1v) is 3.55. The predicted molar refractivity (Wildman–Crippen MR) is 44.5 cm³/mol. The Balaban J connectivity index is 2.86. The molecule has 1 aromatic heterocycles. The number of pyridine rings is 1. The zero-order valence-electron chi connectivity index (χ0n) is 6.98. The minimum atomic E-state index is -1.78. The Morgan fingerprint density at radius 3 is 2.58 bits per heavy atom. The molecule has 12 heavy (non-hydrogen) atoms. The zero-order valence-corrected chi connectivity index (χ0v) is 6.98. The van der Waals surface area contributed by atoms with Crippen LogP contribution in [0.3, 0.4) is 0 Å². The maximum atomic E-state index is 8.51. The van der Waals surface area contributed by atoms with Crippen molar-refractivity contribution in [3.05, 3.63) is 23.5 Å². The lowest BCUT2D eigenvalue weighted by Crippen LogP contribution is -2.21. The van der Waals surface area contributed by atoms with Crippen molar-refractivity contribution in [1.29, 1.82) is 0 Å². The molecule has 0 spiro atoms. The third-order valence-electron chi connectivity index (χ3n) is 1.43. The van der Waals surface area contributed by atoms with E-state index >= 15 is 0 Å². The Bertz CT molecular complexity index is 277. The van der Waals surface area contributed by atoms with Gasteiger partial charge in [0.2, 0.25) is 0 Å². The summed E-state index contributed by atoms with van der Waals surface area (Å²) in [5.74, 6) is 0.385. The largest absolute Gasteiger partial charge is 0.707 e. The van der Waals surface area contributed by atoms with E-state index in [1.54, 1.807) is 6.07 Å². The van der Waals surface area contributed by atoms with E-state index in [-0.39, 0.29) is 0 Å². The van der Waals surface area contributed by atoms with Crippen LogP contribution in [-0.2, 0) is 0 Å². The standard InChI is InChI=1S/C7H10BNO3/c1-5-3-6(2)9-4-7(5)12-8(10)11/h3-4,10-11H,1-2H3. The summed E-state index contributed by atoms with van der Waals surface area (Å²) in [4.78, 5) is 3.95. The Kier molecular flexibility index (Phi) is 2.67. The molecular weight excluding hydrogens is 157 g/mol. The molecule has 0 radical (unpaired) electrons. The van der Waals surface area contributed by atoms with E-state index < -0.39 is 7.32 Å². The van der Waals surface area contributed by atoms with Gasteiger partial charge in [-0.05, 0) is 25.5 Å². The van der Waals surface area contributed by atoms with Crippen molar-refractivity contribution in [2.24, 2.45) is 0 Å².